The molecule has 2 N–H and O–H groups in total. The molecular formula is C42H42N4O16. The van der Waals surface area contributed by atoms with Gasteiger partial charge >= 0.3 is 36.1 Å². The predicted molar refractivity (Wildman–Crippen MR) is 214 cm³/mol. The van der Waals surface area contributed by atoms with Crippen molar-refractivity contribution in [2.45, 2.75) is 64.2 Å². The van der Waals surface area contributed by atoms with Gasteiger partial charge in [-0.25, -0.2) is 28.8 Å². The van der Waals surface area contributed by atoms with Crippen LogP contribution in [0.1, 0.15) is 36.1 Å². The molecule has 0 fully saturated rings. The van der Waals surface area contributed by atoms with E-state index in [4.69, 9.17) is 28.4 Å². The van der Waals surface area contributed by atoms with Gasteiger partial charge in [-0.05, 0) is 36.1 Å². The summed E-state index contributed by atoms with van der Waals surface area (Å²) in [4.78, 5) is 98.0. The number of carbonyl (C=O) groups excluding carboxylic acids is 6. The third-order valence-corrected chi connectivity index (χ3v) is 8.57. The number of nitrogens with one attached hydrogen (secondary N) is 2. The molecular weight excluding hydrogens is 816 g/mol. The molecule has 0 spiro atoms. The van der Waals surface area contributed by atoms with E-state index < -0.39 is 83.4 Å². The highest BCUT2D eigenvalue weighted by molar-refractivity contribution is 5.85. The number of non-ortho nitro benzene ring substituents is 2. The molecule has 20 heteroatoms. The summed E-state index contributed by atoms with van der Waals surface area (Å²) < 4.78 is 31.0. The molecule has 0 aliphatic heterocycles. The minimum absolute atomic E-state index is 0.117. The number of amides is 2. The van der Waals surface area contributed by atoms with Crippen LogP contribution in [0.2, 0.25) is 0 Å². The third kappa shape index (κ3) is 15.7. The number of nitro groups is 2. The van der Waals surface area contributed by atoms with Crippen molar-refractivity contribution in [2.75, 3.05) is 13.2 Å². The van der Waals surface area contributed by atoms with Crippen molar-refractivity contribution in [3.05, 3.63) is 152 Å². The van der Waals surface area contributed by atoms with Gasteiger partial charge in [0.25, 0.3) is 11.4 Å². The number of hydrogen-bond donors (Lipinski definition) is 2. The summed E-state index contributed by atoms with van der Waals surface area (Å²) in [6, 6.07) is 25.0. The summed E-state index contributed by atoms with van der Waals surface area (Å²) in [5.41, 5.74) is 1.78. The molecule has 0 bridgehead atoms. The molecule has 0 aromatic heterocycles. The average molecular weight is 859 g/mol. The average Bonchev–Trinajstić information content (AvgIpc) is 3.26. The van der Waals surface area contributed by atoms with Crippen LogP contribution in [0.25, 0.3) is 0 Å². The number of nitrogens with zero attached hydrogens (tertiary/aromatic N) is 2. The highest BCUT2D eigenvalue weighted by Crippen LogP contribution is 2.16. The van der Waals surface area contributed by atoms with Gasteiger partial charge in [0, 0.05) is 37.1 Å². The van der Waals surface area contributed by atoms with Crippen molar-refractivity contribution in [3.63, 3.8) is 0 Å². The van der Waals surface area contributed by atoms with E-state index in [9.17, 15) is 49.0 Å². The molecule has 0 radical (unpaired) electrons. The van der Waals surface area contributed by atoms with Crippen LogP contribution in [-0.2, 0) is 73.7 Å². The molecule has 4 aromatic rings. The Morgan fingerprint density at radius 3 is 1.15 bits per heavy atom. The lowest BCUT2D eigenvalue weighted by molar-refractivity contribution is -0.385. The SMILES string of the molecule is CC(OC(=O)C(Cc1ccc([N+](=O)[O-])cc1)NC(=O)OCc1ccccc1)C(=O)OCCOC(=O)C(C)OC(=O)C(Cc1ccc([N+](=O)[O-])cc1)NC(=O)OCc1ccccc1. The first-order valence-electron chi connectivity index (χ1n) is 18.8. The smallest absolute Gasteiger partial charge is 0.408 e. The Hall–Kier alpha value is -7.90. The van der Waals surface area contributed by atoms with E-state index in [0.29, 0.717) is 22.3 Å². The second kappa shape index (κ2) is 23.6. The lowest BCUT2D eigenvalue weighted by Gasteiger charge is -2.21. The van der Waals surface area contributed by atoms with E-state index in [2.05, 4.69) is 10.6 Å². The molecule has 0 saturated carbocycles. The number of nitro benzene ring substituents is 2. The summed E-state index contributed by atoms with van der Waals surface area (Å²) in [7, 11) is 0. The molecule has 4 unspecified atom stereocenters. The van der Waals surface area contributed by atoms with Gasteiger partial charge in [-0.1, -0.05) is 84.9 Å². The first-order valence-corrected chi connectivity index (χ1v) is 18.8. The number of esters is 4. The number of ether oxygens (including phenoxy) is 6. The van der Waals surface area contributed by atoms with E-state index >= 15 is 0 Å². The molecule has 0 aliphatic rings. The Morgan fingerprint density at radius 1 is 0.484 bits per heavy atom. The van der Waals surface area contributed by atoms with Crippen LogP contribution in [0, 0.1) is 20.2 Å². The van der Waals surface area contributed by atoms with E-state index in [-0.39, 0.29) is 37.4 Å². The van der Waals surface area contributed by atoms with Crippen LogP contribution in [0.4, 0.5) is 21.0 Å². The largest absolute Gasteiger partial charge is 0.459 e. The third-order valence-electron chi connectivity index (χ3n) is 8.57. The van der Waals surface area contributed by atoms with Gasteiger partial charge < -0.3 is 39.1 Å². The van der Waals surface area contributed by atoms with Crippen molar-refractivity contribution < 1.29 is 67.0 Å². The fraction of sp³-hybridized carbons (Fsp3) is 0.286. The van der Waals surface area contributed by atoms with Crippen molar-refractivity contribution in [2.24, 2.45) is 0 Å². The van der Waals surface area contributed by atoms with Gasteiger partial charge in [0.2, 0.25) is 0 Å². The number of alkyl carbamates (subject to hydrolysis) is 2. The van der Waals surface area contributed by atoms with E-state index in [0.717, 1.165) is 0 Å². The van der Waals surface area contributed by atoms with E-state index in [1.54, 1.807) is 60.7 Å². The predicted octanol–water partition coefficient (Wildman–Crippen LogP) is 4.83. The molecule has 4 aromatic carbocycles. The highest BCUT2D eigenvalue weighted by Gasteiger charge is 2.30. The lowest BCUT2D eigenvalue weighted by Crippen LogP contribution is -2.45. The Bertz CT molecular complexity index is 2020. The Kier molecular flexibility index (Phi) is 17.8. The normalized spacial score (nSPS) is 12.5. The zero-order valence-corrected chi connectivity index (χ0v) is 33.4. The van der Waals surface area contributed by atoms with E-state index in [1.807, 2.05) is 0 Å². The zero-order valence-electron chi connectivity index (χ0n) is 33.4. The van der Waals surface area contributed by atoms with Gasteiger partial charge in [-0.15, -0.1) is 0 Å². The summed E-state index contributed by atoms with van der Waals surface area (Å²) >= 11 is 0. The molecule has 0 aliphatic carbocycles. The number of benzene rings is 4. The van der Waals surface area contributed by atoms with Gasteiger partial charge in [0.1, 0.15) is 38.5 Å². The Balaban J connectivity index is 1.27. The van der Waals surface area contributed by atoms with Crippen LogP contribution in [0.5, 0.6) is 0 Å². The molecule has 0 heterocycles. The summed E-state index contributed by atoms with van der Waals surface area (Å²) in [5.74, 6) is -4.21. The number of rotatable bonds is 21. The molecule has 326 valence electrons. The monoisotopic (exact) mass is 858 g/mol. The maximum atomic E-state index is 13.2. The second-order valence-electron chi connectivity index (χ2n) is 13.3. The van der Waals surface area contributed by atoms with Gasteiger partial charge in [0.05, 0.1) is 9.85 Å². The maximum Gasteiger partial charge on any atom is 0.408 e. The zero-order chi connectivity index (χ0) is 45.0. The number of hydrogen-bond acceptors (Lipinski definition) is 16. The highest BCUT2D eigenvalue weighted by atomic mass is 16.6. The van der Waals surface area contributed by atoms with Crippen LogP contribution in [0.15, 0.2) is 109 Å². The molecule has 0 saturated heterocycles. The first kappa shape index (κ1) is 46.8. The van der Waals surface area contributed by atoms with E-state index in [1.165, 1.54) is 62.4 Å². The van der Waals surface area contributed by atoms with Crippen molar-refractivity contribution >= 4 is 47.4 Å². The minimum Gasteiger partial charge on any atom is -0.459 e. The molecule has 62 heavy (non-hydrogen) atoms. The van der Waals surface area contributed by atoms with Crippen LogP contribution in [-0.4, -0.2) is 83.4 Å². The lowest BCUT2D eigenvalue weighted by atomic mass is 10.1. The molecule has 20 nitrogen and oxygen atoms in total. The van der Waals surface area contributed by atoms with Crippen LogP contribution >= 0.6 is 0 Å². The van der Waals surface area contributed by atoms with Crippen molar-refractivity contribution in [1.29, 1.82) is 0 Å². The van der Waals surface area contributed by atoms with Gasteiger partial charge in [-0.3, -0.25) is 20.2 Å². The Morgan fingerprint density at radius 2 is 0.823 bits per heavy atom. The quantitative estimate of drug-likeness (QED) is 0.0373. The summed E-state index contributed by atoms with van der Waals surface area (Å²) in [6.45, 7) is 1.14. The molecule has 4 atom stereocenters. The first-order chi connectivity index (χ1) is 29.7. The fourth-order valence-electron chi connectivity index (χ4n) is 5.31. The fourth-order valence-corrected chi connectivity index (χ4v) is 5.31. The van der Waals surface area contributed by atoms with Crippen molar-refractivity contribution in [1.82, 2.24) is 10.6 Å². The summed E-state index contributed by atoms with van der Waals surface area (Å²) in [6.07, 6.45) is -5.37. The molecule has 2 amide bonds. The summed E-state index contributed by atoms with van der Waals surface area (Å²) in [5, 5.41) is 26.9. The minimum atomic E-state index is -1.51. The maximum absolute atomic E-state index is 13.2. The van der Waals surface area contributed by atoms with Gasteiger partial charge in [-0.2, -0.15) is 0 Å². The second-order valence-corrected chi connectivity index (χ2v) is 13.3. The molecule has 4 rings (SSSR count). The van der Waals surface area contributed by atoms with Crippen LogP contribution in [0.3, 0.4) is 0 Å². The van der Waals surface area contributed by atoms with Gasteiger partial charge in [0.15, 0.2) is 12.2 Å². The topological polar surface area (TPSA) is 268 Å². The van der Waals surface area contributed by atoms with Crippen LogP contribution < -0.4 is 10.6 Å². The standard InChI is InChI=1S/C42H42N4O16/c1-27(61-39(49)35(23-29-13-17-33(18-14-29)45(53)54)43-41(51)59-25-31-9-5-3-6-10-31)37(47)57-21-22-58-38(48)28(2)62-40(50)36(24-30-15-19-34(20-16-30)46(55)56)44-42(52)60-26-32-11-7-4-8-12-32/h3-20,27-28,35-36H,21-26H2,1-2H3,(H,43,51)(H,44,52). The van der Waals surface area contributed by atoms with Crippen molar-refractivity contribution in [3.8, 4) is 0 Å². The Labute approximate surface area is 353 Å². The number of carbonyl (C=O) groups is 6.